The molecule has 2 heterocycles. The van der Waals surface area contributed by atoms with Crippen LogP contribution in [-0.4, -0.2) is 30.6 Å². The van der Waals surface area contributed by atoms with Gasteiger partial charge in [-0.05, 0) is 6.07 Å². The number of hydrogen-bond acceptors (Lipinski definition) is 3. The van der Waals surface area contributed by atoms with Gasteiger partial charge >= 0.3 is 0 Å². The number of carbonyl (C=O) groups excluding carboxylic acids is 1. The largest absolute Gasteiger partial charge is 0.364 e. The Hall–Kier alpha value is -1.49. The second-order valence-corrected chi connectivity index (χ2v) is 3.02. The number of carbonyl (C=O) groups is 1. The van der Waals surface area contributed by atoms with Crippen molar-refractivity contribution < 1.29 is 4.79 Å². The summed E-state index contributed by atoms with van der Waals surface area (Å²) in [6, 6.07) is 1.87. The Balaban J connectivity index is 2.28. The van der Waals surface area contributed by atoms with Crippen molar-refractivity contribution in [3.05, 3.63) is 18.0 Å². The molecule has 0 spiro atoms. The quantitative estimate of drug-likeness (QED) is 0.573. The Morgan fingerprint density at radius 3 is 3.08 bits per heavy atom. The molecule has 70 valence electrons. The van der Waals surface area contributed by atoms with Crippen LogP contribution in [0, 0.1) is 0 Å². The summed E-state index contributed by atoms with van der Waals surface area (Å²) >= 11 is 0. The molecule has 1 aliphatic rings. The number of nitrogens with two attached hydrogens (primary N) is 1. The van der Waals surface area contributed by atoms with Gasteiger partial charge in [-0.25, -0.2) is 0 Å². The summed E-state index contributed by atoms with van der Waals surface area (Å²) in [5, 5.41) is 3.19. The summed E-state index contributed by atoms with van der Waals surface area (Å²) in [5.41, 5.74) is 6.59. The van der Waals surface area contributed by atoms with Crippen LogP contribution in [0.25, 0.3) is 0 Å². The zero-order valence-corrected chi connectivity index (χ0v) is 7.21. The molecule has 1 aliphatic heterocycles. The van der Waals surface area contributed by atoms with Gasteiger partial charge in [-0.15, -0.1) is 0 Å². The lowest BCUT2D eigenvalue weighted by Gasteiger charge is -2.15. The first-order valence-electron chi connectivity index (χ1n) is 4.22. The van der Waals surface area contributed by atoms with Gasteiger partial charge in [0.25, 0.3) is 5.91 Å². The Morgan fingerprint density at radius 2 is 2.46 bits per heavy atom. The van der Waals surface area contributed by atoms with E-state index in [-0.39, 0.29) is 0 Å². The number of nitrogens with zero attached hydrogens (tertiary/aromatic N) is 1. The predicted molar refractivity (Wildman–Crippen MR) is 49.5 cm³/mol. The Bertz CT molecular complexity index is 314. The monoisotopic (exact) mass is 180 g/mol. The van der Waals surface area contributed by atoms with E-state index >= 15 is 0 Å². The molecule has 13 heavy (non-hydrogen) atoms. The van der Waals surface area contributed by atoms with E-state index in [4.69, 9.17) is 5.73 Å². The minimum absolute atomic E-state index is 0.410. The number of anilines is 1. The van der Waals surface area contributed by atoms with Gasteiger partial charge in [0.2, 0.25) is 0 Å². The highest BCUT2D eigenvalue weighted by Crippen LogP contribution is 2.19. The molecular weight excluding hydrogens is 168 g/mol. The lowest BCUT2D eigenvalue weighted by Crippen LogP contribution is -2.24. The summed E-state index contributed by atoms with van der Waals surface area (Å²) in [6.07, 6.45) is 1.73. The highest BCUT2D eigenvalue weighted by molar-refractivity contribution is 5.96. The topological polar surface area (TPSA) is 74.2 Å². The molecule has 5 heteroatoms. The molecule has 2 rings (SSSR count). The van der Waals surface area contributed by atoms with Crippen LogP contribution >= 0.6 is 0 Å². The van der Waals surface area contributed by atoms with Crippen molar-refractivity contribution in [3.63, 3.8) is 0 Å². The molecule has 0 bridgehead atoms. The average molecular weight is 180 g/mol. The minimum Gasteiger partial charge on any atom is -0.364 e. The molecule has 1 amide bonds. The van der Waals surface area contributed by atoms with E-state index < -0.39 is 5.91 Å². The molecule has 0 aromatic carbocycles. The van der Waals surface area contributed by atoms with E-state index in [0.29, 0.717) is 5.69 Å². The van der Waals surface area contributed by atoms with Gasteiger partial charge in [-0.2, -0.15) is 0 Å². The Morgan fingerprint density at radius 1 is 1.62 bits per heavy atom. The third kappa shape index (κ3) is 1.38. The van der Waals surface area contributed by atoms with Gasteiger partial charge < -0.3 is 15.6 Å². The third-order valence-corrected chi connectivity index (χ3v) is 2.17. The number of amides is 1. The van der Waals surface area contributed by atoms with Crippen LogP contribution in [0.2, 0.25) is 0 Å². The Labute approximate surface area is 75.9 Å². The molecule has 1 fully saturated rings. The summed E-state index contributed by atoms with van der Waals surface area (Å²) in [4.78, 5) is 15.9. The second-order valence-electron chi connectivity index (χ2n) is 3.02. The standard InChI is InChI=1S/C8H12N4O/c9-8(13)7-6(1-2-11-7)12-4-3-10-5-12/h1-2,10-11H,3-5H2,(H2,9,13). The fraction of sp³-hybridized carbons (Fsp3) is 0.375. The van der Waals surface area contributed by atoms with Crippen LogP contribution in [-0.2, 0) is 0 Å². The second kappa shape index (κ2) is 3.10. The first-order chi connectivity index (χ1) is 6.29. The van der Waals surface area contributed by atoms with Crippen molar-refractivity contribution in [2.75, 3.05) is 24.7 Å². The summed E-state index contributed by atoms with van der Waals surface area (Å²) in [6.45, 7) is 2.64. The van der Waals surface area contributed by atoms with Crippen molar-refractivity contribution in [2.24, 2.45) is 5.73 Å². The smallest absolute Gasteiger partial charge is 0.267 e. The maximum absolute atomic E-state index is 11.0. The summed E-state index contributed by atoms with van der Waals surface area (Å²) in [7, 11) is 0. The molecule has 4 N–H and O–H groups in total. The molecule has 0 atom stereocenters. The molecule has 0 aliphatic carbocycles. The maximum Gasteiger partial charge on any atom is 0.267 e. The predicted octanol–water partition coefficient (Wildman–Crippen LogP) is -0.519. The summed E-state index contributed by atoms with van der Waals surface area (Å²) < 4.78 is 0. The lowest BCUT2D eigenvalue weighted by atomic mass is 10.3. The van der Waals surface area contributed by atoms with Crippen molar-refractivity contribution in [2.45, 2.75) is 0 Å². The molecule has 0 unspecified atom stereocenters. The first kappa shape index (κ1) is 8.12. The van der Waals surface area contributed by atoms with Crippen LogP contribution in [0.4, 0.5) is 5.69 Å². The highest BCUT2D eigenvalue weighted by Gasteiger charge is 2.18. The fourth-order valence-electron chi connectivity index (χ4n) is 1.53. The molecule has 1 saturated heterocycles. The number of hydrogen-bond donors (Lipinski definition) is 3. The Kier molecular flexibility index (Phi) is 1.94. The van der Waals surface area contributed by atoms with Crippen LogP contribution in [0.15, 0.2) is 12.3 Å². The molecule has 0 saturated carbocycles. The van der Waals surface area contributed by atoms with Gasteiger partial charge in [0.05, 0.1) is 12.4 Å². The lowest BCUT2D eigenvalue weighted by molar-refractivity contribution is 0.0996. The third-order valence-electron chi connectivity index (χ3n) is 2.17. The number of primary amides is 1. The van der Waals surface area contributed by atoms with Gasteiger partial charge in [-0.3, -0.25) is 10.1 Å². The van der Waals surface area contributed by atoms with Gasteiger partial charge in [-0.1, -0.05) is 0 Å². The number of nitrogens with one attached hydrogen (secondary N) is 2. The van der Waals surface area contributed by atoms with Crippen LogP contribution in [0.5, 0.6) is 0 Å². The molecule has 1 aromatic rings. The number of H-pyrrole nitrogens is 1. The SMILES string of the molecule is NC(=O)c1[nH]ccc1N1CCNC1. The van der Waals surface area contributed by atoms with E-state index in [0.717, 1.165) is 25.4 Å². The van der Waals surface area contributed by atoms with Gasteiger partial charge in [0.15, 0.2) is 0 Å². The molecule has 0 radical (unpaired) electrons. The van der Waals surface area contributed by atoms with Crippen LogP contribution in [0.1, 0.15) is 10.5 Å². The zero-order valence-electron chi connectivity index (χ0n) is 7.21. The number of rotatable bonds is 2. The van der Waals surface area contributed by atoms with Gasteiger partial charge in [0.1, 0.15) is 5.69 Å². The zero-order chi connectivity index (χ0) is 9.26. The average Bonchev–Trinajstić information content (AvgIpc) is 2.74. The van der Waals surface area contributed by atoms with E-state index in [9.17, 15) is 4.79 Å². The normalized spacial score (nSPS) is 16.5. The number of aromatic amines is 1. The molecular formula is C8H12N4O. The highest BCUT2D eigenvalue weighted by atomic mass is 16.1. The summed E-state index contributed by atoms with van der Waals surface area (Å²) in [5.74, 6) is -0.410. The van der Waals surface area contributed by atoms with Crippen LogP contribution in [0.3, 0.4) is 0 Å². The minimum atomic E-state index is -0.410. The van der Waals surface area contributed by atoms with E-state index in [2.05, 4.69) is 15.2 Å². The van der Waals surface area contributed by atoms with E-state index in [1.165, 1.54) is 0 Å². The van der Waals surface area contributed by atoms with Crippen molar-refractivity contribution in [3.8, 4) is 0 Å². The van der Waals surface area contributed by atoms with Crippen molar-refractivity contribution in [1.82, 2.24) is 10.3 Å². The molecule has 5 nitrogen and oxygen atoms in total. The fourth-order valence-corrected chi connectivity index (χ4v) is 1.53. The first-order valence-corrected chi connectivity index (χ1v) is 4.22. The van der Waals surface area contributed by atoms with E-state index in [1.807, 2.05) is 6.07 Å². The molecule has 1 aromatic heterocycles. The van der Waals surface area contributed by atoms with Gasteiger partial charge in [0, 0.05) is 19.3 Å². The van der Waals surface area contributed by atoms with Crippen LogP contribution < -0.4 is 16.0 Å². The van der Waals surface area contributed by atoms with E-state index in [1.54, 1.807) is 6.20 Å². The van der Waals surface area contributed by atoms with Crippen molar-refractivity contribution >= 4 is 11.6 Å². The number of aromatic nitrogens is 1. The maximum atomic E-state index is 11.0. The van der Waals surface area contributed by atoms with Crippen molar-refractivity contribution in [1.29, 1.82) is 0 Å².